The van der Waals surface area contributed by atoms with E-state index in [-0.39, 0.29) is 11.9 Å². The largest absolute Gasteiger partial charge is 0.366 e. The van der Waals surface area contributed by atoms with Gasteiger partial charge in [-0.1, -0.05) is 44.2 Å². The van der Waals surface area contributed by atoms with E-state index in [1.54, 1.807) is 11.8 Å². The molecule has 1 aliphatic heterocycles. The second kappa shape index (κ2) is 7.96. The first-order valence-corrected chi connectivity index (χ1v) is 9.82. The zero-order valence-electron chi connectivity index (χ0n) is 15.2. The third kappa shape index (κ3) is 4.18. The van der Waals surface area contributed by atoms with Gasteiger partial charge >= 0.3 is 0 Å². The van der Waals surface area contributed by atoms with Crippen LogP contribution in [0.25, 0.3) is 0 Å². The summed E-state index contributed by atoms with van der Waals surface area (Å²) < 4.78 is 0. The molecule has 0 aliphatic carbocycles. The summed E-state index contributed by atoms with van der Waals surface area (Å²) in [5.41, 5.74) is 3.48. The Morgan fingerprint density at radius 1 is 1.12 bits per heavy atom. The molecule has 0 spiro atoms. The molecule has 0 bridgehead atoms. The normalized spacial score (nSPS) is 14.5. The van der Waals surface area contributed by atoms with Crippen LogP contribution in [-0.2, 0) is 6.42 Å². The number of fused-ring (bicyclic) bond motifs is 1. The number of benzene rings is 2. The van der Waals surface area contributed by atoms with E-state index < -0.39 is 0 Å². The highest BCUT2D eigenvalue weighted by Gasteiger charge is 2.23. The predicted molar refractivity (Wildman–Crippen MR) is 107 cm³/mol. The van der Waals surface area contributed by atoms with Crippen molar-refractivity contribution in [2.75, 3.05) is 18.0 Å². The van der Waals surface area contributed by atoms with Crippen LogP contribution in [0.4, 0.5) is 5.69 Å². The quantitative estimate of drug-likeness (QED) is 0.782. The molecule has 1 atom stereocenters. The second-order valence-corrected chi connectivity index (χ2v) is 8.41. The Kier molecular flexibility index (Phi) is 5.69. The number of hydrogen-bond acceptors (Lipinski definition) is 3. The lowest BCUT2D eigenvalue weighted by Crippen LogP contribution is -2.41. The molecular formula is C21H26N2OS. The van der Waals surface area contributed by atoms with Gasteiger partial charge in [0.2, 0.25) is 0 Å². The molecule has 4 heteroatoms. The highest BCUT2D eigenvalue weighted by molar-refractivity contribution is 8.00. The molecule has 2 aromatic rings. The number of thioether (sulfide) groups is 1. The fourth-order valence-electron chi connectivity index (χ4n) is 3.28. The molecule has 1 heterocycles. The van der Waals surface area contributed by atoms with Gasteiger partial charge in [0.15, 0.2) is 0 Å². The van der Waals surface area contributed by atoms with Crippen LogP contribution in [0.2, 0.25) is 0 Å². The maximum absolute atomic E-state index is 12.7. The van der Waals surface area contributed by atoms with Gasteiger partial charge in [-0.15, -0.1) is 11.8 Å². The van der Waals surface area contributed by atoms with Crippen LogP contribution >= 0.6 is 11.8 Å². The number of para-hydroxylation sites is 1. The summed E-state index contributed by atoms with van der Waals surface area (Å²) in [5.74, 6) is 0.0167. The summed E-state index contributed by atoms with van der Waals surface area (Å²) in [6.45, 7) is 8.14. The van der Waals surface area contributed by atoms with Crippen LogP contribution in [0.5, 0.6) is 0 Å². The van der Waals surface area contributed by atoms with E-state index in [9.17, 15) is 4.79 Å². The van der Waals surface area contributed by atoms with E-state index in [1.807, 2.05) is 24.3 Å². The number of rotatable bonds is 6. The Morgan fingerprint density at radius 3 is 2.64 bits per heavy atom. The fraction of sp³-hybridized carbons (Fsp3) is 0.381. The molecule has 0 saturated heterocycles. The van der Waals surface area contributed by atoms with Gasteiger partial charge in [0.25, 0.3) is 5.91 Å². The zero-order valence-corrected chi connectivity index (χ0v) is 16.0. The van der Waals surface area contributed by atoms with E-state index in [0.717, 1.165) is 23.4 Å². The highest BCUT2D eigenvalue weighted by Crippen LogP contribution is 2.29. The van der Waals surface area contributed by atoms with Crippen molar-refractivity contribution in [1.29, 1.82) is 0 Å². The Labute approximate surface area is 154 Å². The lowest BCUT2D eigenvalue weighted by Gasteiger charge is -2.27. The number of carbonyl (C=O) groups excluding carboxylic acids is 1. The molecule has 1 amide bonds. The van der Waals surface area contributed by atoms with Crippen molar-refractivity contribution in [2.45, 2.75) is 43.4 Å². The number of amides is 1. The van der Waals surface area contributed by atoms with Crippen molar-refractivity contribution in [3.05, 3.63) is 59.7 Å². The molecule has 2 aromatic carbocycles. The van der Waals surface area contributed by atoms with Crippen molar-refractivity contribution in [3.63, 3.8) is 0 Å². The third-order valence-electron chi connectivity index (χ3n) is 4.51. The molecule has 0 aromatic heterocycles. The van der Waals surface area contributed by atoms with Gasteiger partial charge in [-0.05, 0) is 37.1 Å². The second-order valence-electron chi connectivity index (χ2n) is 6.79. The van der Waals surface area contributed by atoms with Gasteiger partial charge in [0, 0.05) is 35.0 Å². The number of nitrogens with one attached hydrogen (secondary N) is 1. The van der Waals surface area contributed by atoms with Crippen LogP contribution in [0.1, 0.15) is 36.7 Å². The summed E-state index contributed by atoms with van der Waals surface area (Å²) in [5, 5.41) is 3.58. The van der Waals surface area contributed by atoms with Crippen molar-refractivity contribution in [2.24, 2.45) is 0 Å². The maximum atomic E-state index is 12.7. The molecule has 0 radical (unpaired) electrons. The van der Waals surface area contributed by atoms with Gasteiger partial charge in [-0.3, -0.25) is 4.79 Å². The number of nitrogens with zero attached hydrogens (tertiary/aromatic N) is 1. The number of hydrogen-bond donors (Lipinski definition) is 1. The average molecular weight is 355 g/mol. The van der Waals surface area contributed by atoms with Crippen molar-refractivity contribution < 1.29 is 4.79 Å². The molecule has 25 heavy (non-hydrogen) atoms. The molecule has 1 unspecified atom stereocenters. The van der Waals surface area contributed by atoms with Gasteiger partial charge < -0.3 is 10.2 Å². The van der Waals surface area contributed by atoms with Crippen LogP contribution < -0.4 is 10.2 Å². The first-order chi connectivity index (χ1) is 12.1. The molecular weight excluding hydrogens is 328 g/mol. The van der Waals surface area contributed by atoms with E-state index in [0.29, 0.717) is 11.8 Å². The monoisotopic (exact) mass is 354 g/mol. The van der Waals surface area contributed by atoms with Crippen molar-refractivity contribution in [3.8, 4) is 0 Å². The van der Waals surface area contributed by atoms with Gasteiger partial charge in [-0.2, -0.15) is 0 Å². The molecule has 132 valence electrons. The molecule has 1 aliphatic rings. The van der Waals surface area contributed by atoms with Crippen LogP contribution in [0.3, 0.4) is 0 Å². The van der Waals surface area contributed by atoms with Gasteiger partial charge in [-0.25, -0.2) is 0 Å². The number of carbonyl (C=O) groups is 1. The Bertz CT molecular complexity index is 744. The lowest BCUT2D eigenvalue weighted by atomic mass is 10.1. The molecule has 3 rings (SSSR count). The SMILES string of the molecule is CC(C)Sc1ccccc1C(=O)NCC(C)N1CCc2ccccc21. The summed E-state index contributed by atoms with van der Waals surface area (Å²) in [7, 11) is 0. The van der Waals surface area contributed by atoms with E-state index in [4.69, 9.17) is 0 Å². The Morgan fingerprint density at radius 2 is 1.84 bits per heavy atom. The fourth-order valence-corrected chi connectivity index (χ4v) is 4.23. The third-order valence-corrected chi connectivity index (χ3v) is 5.59. The summed E-state index contributed by atoms with van der Waals surface area (Å²) in [6, 6.07) is 16.7. The minimum atomic E-state index is 0.0167. The van der Waals surface area contributed by atoms with Crippen LogP contribution in [0, 0.1) is 0 Å². The van der Waals surface area contributed by atoms with Crippen molar-refractivity contribution >= 4 is 23.4 Å². The van der Waals surface area contributed by atoms with Gasteiger partial charge in [0.05, 0.1) is 5.56 Å². The van der Waals surface area contributed by atoms with Crippen LogP contribution in [0.15, 0.2) is 53.4 Å². The Balaban J connectivity index is 1.63. The maximum Gasteiger partial charge on any atom is 0.252 e. The average Bonchev–Trinajstić information content (AvgIpc) is 3.03. The smallest absolute Gasteiger partial charge is 0.252 e. The van der Waals surface area contributed by atoms with E-state index in [1.165, 1.54) is 11.3 Å². The first-order valence-electron chi connectivity index (χ1n) is 8.94. The first kappa shape index (κ1) is 17.9. The molecule has 0 fully saturated rings. The summed E-state index contributed by atoms with van der Waals surface area (Å²) in [6.07, 6.45) is 1.09. The minimum absolute atomic E-state index is 0.0167. The number of anilines is 1. The molecule has 0 saturated carbocycles. The summed E-state index contributed by atoms with van der Waals surface area (Å²) in [4.78, 5) is 16.1. The lowest BCUT2D eigenvalue weighted by molar-refractivity contribution is 0.0948. The standard InChI is InChI=1S/C21H26N2OS/c1-15(2)25-20-11-7-5-9-18(20)21(24)22-14-16(3)23-13-12-17-8-4-6-10-19(17)23/h4-11,15-16H,12-14H2,1-3H3,(H,22,24). The zero-order chi connectivity index (χ0) is 17.8. The minimum Gasteiger partial charge on any atom is -0.366 e. The van der Waals surface area contributed by atoms with Gasteiger partial charge in [0.1, 0.15) is 0 Å². The molecule has 3 nitrogen and oxygen atoms in total. The highest BCUT2D eigenvalue weighted by atomic mass is 32.2. The Hall–Kier alpha value is -1.94. The molecule has 1 N–H and O–H groups in total. The topological polar surface area (TPSA) is 32.3 Å². The van der Waals surface area contributed by atoms with Crippen molar-refractivity contribution in [1.82, 2.24) is 5.32 Å². The van der Waals surface area contributed by atoms with Crippen LogP contribution in [-0.4, -0.2) is 30.3 Å². The summed E-state index contributed by atoms with van der Waals surface area (Å²) >= 11 is 1.73. The van der Waals surface area contributed by atoms with E-state index >= 15 is 0 Å². The predicted octanol–water partition coefficient (Wildman–Crippen LogP) is 4.37. The van der Waals surface area contributed by atoms with E-state index in [2.05, 4.69) is 55.3 Å².